The van der Waals surface area contributed by atoms with Crippen LogP contribution in [-0.2, 0) is 4.79 Å². The number of carbonyl (C=O) groups excluding carboxylic acids is 1. The molecule has 27 heavy (non-hydrogen) atoms. The van der Waals surface area contributed by atoms with E-state index in [0.29, 0.717) is 18.9 Å². The lowest BCUT2D eigenvalue weighted by Gasteiger charge is -2.17. The third-order valence-corrected chi connectivity index (χ3v) is 4.63. The molecule has 4 heteroatoms. The summed E-state index contributed by atoms with van der Waals surface area (Å²) in [5, 5.41) is 12.4. The molecule has 0 aliphatic heterocycles. The van der Waals surface area contributed by atoms with Gasteiger partial charge in [0.2, 0.25) is 0 Å². The van der Waals surface area contributed by atoms with Crippen LogP contribution in [0.3, 0.4) is 0 Å². The van der Waals surface area contributed by atoms with E-state index < -0.39 is 6.10 Å². The smallest absolute Gasteiger partial charge is 0.161 e. The third-order valence-electron chi connectivity index (χ3n) is 4.63. The molecule has 0 aliphatic rings. The van der Waals surface area contributed by atoms with Crippen molar-refractivity contribution in [3.63, 3.8) is 0 Å². The molecule has 3 nitrogen and oxygen atoms in total. The lowest BCUT2D eigenvalue weighted by molar-refractivity contribution is -0.693. The standard InChI is InChI=1S/C23H29NO2.ClH/c1-17(2)20-12-9-19(10-13-20)11-14-22(25)15-16-24-18(3)23(26)21-7-5-4-6-8-21;/h4-14,17-18,23-24,26H,15-16H2,1-3H3;1H/b14-11+;. The van der Waals surface area contributed by atoms with Gasteiger partial charge in [-0.25, -0.2) is 0 Å². The summed E-state index contributed by atoms with van der Waals surface area (Å²) < 4.78 is 0. The van der Waals surface area contributed by atoms with Crippen LogP contribution in [0.25, 0.3) is 6.08 Å². The molecule has 0 radical (unpaired) electrons. The number of nitrogens with two attached hydrogens (primary N) is 1. The zero-order chi connectivity index (χ0) is 18.9. The molecule has 0 bridgehead atoms. The molecule has 3 N–H and O–H groups in total. The third kappa shape index (κ3) is 7.67. The van der Waals surface area contributed by atoms with Gasteiger partial charge in [0.25, 0.3) is 0 Å². The highest BCUT2D eigenvalue weighted by atomic mass is 35.5. The van der Waals surface area contributed by atoms with Crippen LogP contribution in [-0.4, -0.2) is 23.5 Å². The van der Waals surface area contributed by atoms with Gasteiger partial charge in [-0.05, 0) is 35.6 Å². The quantitative estimate of drug-likeness (QED) is 0.615. The molecule has 2 atom stereocenters. The van der Waals surface area contributed by atoms with Gasteiger partial charge >= 0.3 is 0 Å². The molecule has 0 spiro atoms. The first kappa shape index (κ1) is 23.1. The molecule has 0 amide bonds. The van der Waals surface area contributed by atoms with Gasteiger partial charge in [-0.2, -0.15) is 0 Å². The molecule has 0 fully saturated rings. The Balaban J connectivity index is 0.00000364. The normalized spacial score (nSPS) is 13.4. The van der Waals surface area contributed by atoms with E-state index in [2.05, 4.69) is 26.0 Å². The molecule has 0 aliphatic carbocycles. The molecular formula is C23H30ClNO2. The number of benzene rings is 2. The number of aliphatic hydroxyl groups excluding tert-OH is 1. The minimum absolute atomic E-state index is 0. The van der Waals surface area contributed by atoms with Crippen LogP contribution < -0.4 is 17.7 Å². The van der Waals surface area contributed by atoms with Gasteiger partial charge in [0, 0.05) is 0 Å². The van der Waals surface area contributed by atoms with Crippen molar-refractivity contribution in [2.24, 2.45) is 0 Å². The van der Waals surface area contributed by atoms with Gasteiger partial charge in [-0.3, -0.25) is 4.79 Å². The Morgan fingerprint density at radius 3 is 2.22 bits per heavy atom. The van der Waals surface area contributed by atoms with Crippen molar-refractivity contribution in [1.29, 1.82) is 0 Å². The Bertz CT molecular complexity index is 711. The highest BCUT2D eigenvalue weighted by Gasteiger charge is 2.18. The molecule has 0 saturated heterocycles. The van der Waals surface area contributed by atoms with Gasteiger partial charge < -0.3 is 22.8 Å². The zero-order valence-corrected chi connectivity index (χ0v) is 17.1. The fourth-order valence-corrected chi connectivity index (χ4v) is 2.84. The van der Waals surface area contributed by atoms with E-state index >= 15 is 0 Å². The van der Waals surface area contributed by atoms with Crippen molar-refractivity contribution in [2.45, 2.75) is 45.3 Å². The van der Waals surface area contributed by atoms with Crippen LogP contribution in [0.1, 0.15) is 55.9 Å². The van der Waals surface area contributed by atoms with E-state index in [1.807, 2.05) is 60.8 Å². The number of carbonyl (C=O) groups is 1. The van der Waals surface area contributed by atoms with Crippen LogP contribution in [0.2, 0.25) is 0 Å². The molecule has 0 saturated carbocycles. The Hall–Kier alpha value is -1.94. The zero-order valence-electron chi connectivity index (χ0n) is 16.3. The first-order chi connectivity index (χ1) is 12.5. The summed E-state index contributed by atoms with van der Waals surface area (Å²) in [4.78, 5) is 12.0. The number of hydrogen-bond acceptors (Lipinski definition) is 2. The summed E-state index contributed by atoms with van der Waals surface area (Å²) in [5.41, 5.74) is 3.25. The van der Waals surface area contributed by atoms with Crippen molar-refractivity contribution in [3.8, 4) is 0 Å². The number of aliphatic hydroxyl groups is 1. The first-order valence-corrected chi connectivity index (χ1v) is 9.34. The minimum Gasteiger partial charge on any atom is -1.00 e. The van der Waals surface area contributed by atoms with Gasteiger partial charge in [0.1, 0.15) is 12.1 Å². The molecule has 146 valence electrons. The summed E-state index contributed by atoms with van der Waals surface area (Å²) in [7, 11) is 0. The van der Waals surface area contributed by atoms with Gasteiger partial charge in [-0.1, -0.05) is 74.5 Å². The van der Waals surface area contributed by atoms with E-state index in [0.717, 1.165) is 11.1 Å². The lowest BCUT2D eigenvalue weighted by atomic mass is 10.0. The Kier molecular flexibility index (Phi) is 10.0. The summed E-state index contributed by atoms with van der Waals surface area (Å²) in [6.07, 6.45) is 3.46. The van der Waals surface area contributed by atoms with Crippen molar-refractivity contribution >= 4 is 11.9 Å². The van der Waals surface area contributed by atoms with Crippen molar-refractivity contribution in [3.05, 3.63) is 77.4 Å². The van der Waals surface area contributed by atoms with E-state index in [1.165, 1.54) is 5.56 Å². The largest absolute Gasteiger partial charge is 1.00 e. The Labute approximate surface area is 168 Å². The molecular weight excluding hydrogens is 358 g/mol. The average molecular weight is 388 g/mol. The Morgan fingerprint density at radius 2 is 1.63 bits per heavy atom. The van der Waals surface area contributed by atoms with Crippen LogP contribution in [0.5, 0.6) is 0 Å². The number of hydrogen-bond donors (Lipinski definition) is 2. The molecule has 0 aromatic heterocycles. The molecule has 0 heterocycles. The highest BCUT2D eigenvalue weighted by Crippen LogP contribution is 2.15. The molecule has 2 aromatic rings. The van der Waals surface area contributed by atoms with Crippen LogP contribution in [0, 0.1) is 0 Å². The fourth-order valence-electron chi connectivity index (χ4n) is 2.84. The summed E-state index contributed by atoms with van der Waals surface area (Å²) in [6, 6.07) is 17.9. The van der Waals surface area contributed by atoms with Crippen LogP contribution >= 0.6 is 0 Å². The SMILES string of the molecule is CC(C)c1ccc(/C=C/C(=O)CC[NH2+]C(C)C(O)c2ccccc2)cc1.[Cl-]. The summed E-state index contributed by atoms with van der Waals surface area (Å²) in [6.45, 7) is 6.98. The van der Waals surface area contributed by atoms with E-state index in [9.17, 15) is 9.90 Å². The maximum atomic E-state index is 12.0. The van der Waals surface area contributed by atoms with Crippen LogP contribution in [0.15, 0.2) is 60.7 Å². The van der Waals surface area contributed by atoms with Gasteiger partial charge in [-0.15, -0.1) is 0 Å². The fraction of sp³-hybridized carbons (Fsp3) is 0.348. The monoisotopic (exact) mass is 387 g/mol. The van der Waals surface area contributed by atoms with Gasteiger partial charge in [0.05, 0.1) is 13.0 Å². The van der Waals surface area contributed by atoms with Crippen molar-refractivity contribution in [2.75, 3.05) is 6.54 Å². The number of allylic oxidation sites excluding steroid dienone is 1. The highest BCUT2D eigenvalue weighted by molar-refractivity contribution is 5.93. The number of rotatable bonds is 9. The predicted octanol–water partition coefficient (Wildman–Crippen LogP) is 0.472. The van der Waals surface area contributed by atoms with Crippen LogP contribution in [0.4, 0.5) is 0 Å². The molecule has 2 rings (SSSR count). The van der Waals surface area contributed by atoms with E-state index in [4.69, 9.17) is 0 Å². The van der Waals surface area contributed by atoms with Gasteiger partial charge in [0.15, 0.2) is 5.78 Å². The predicted molar refractivity (Wildman–Crippen MR) is 107 cm³/mol. The van der Waals surface area contributed by atoms with Crippen molar-refractivity contribution < 1.29 is 27.6 Å². The van der Waals surface area contributed by atoms with E-state index in [1.54, 1.807) is 6.08 Å². The summed E-state index contributed by atoms with van der Waals surface area (Å²) >= 11 is 0. The number of ketones is 1. The lowest BCUT2D eigenvalue weighted by Crippen LogP contribution is -3.00. The maximum absolute atomic E-state index is 12.0. The second-order valence-electron chi connectivity index (χ2n) is 7.11. The number of halogens is 1. The summed E-state index contributed by atoms with van der Waals surface area (Å²) in [5.74, 6) is 0.619. The second-order valence-corrected chi connectivity index (χ2v) is 7.11. The second kappa shape index (κ2) is 11.7. The Morgan fingerprint density at radius 1 is 1.00 bits per heavy atom. The maximum Gasteiger partial charge on any atom is 0.161 e. The average Bonchev–Trinajstić information content (AvgIpc) is 2.66. The number of quaternary nitrogens is 1. The molecule has 2 unspecified atom stereocenters. The first-order valence-electron chi connectivity index (χ1n) is 9.34. The van der Waals surface area contributed by atoms with E-state index in [-0.39, 0.29) is 24.2 Å². The topological polar surface area (TPSA) is 53.9 Å². The minimum atomic E-state index is -0.527. The van der Waals surface area contributed by atoms with Crippen molar-refractivity contribution in [1.82, 2.24) is 0 Å². The molecule has 2 aromatic carbocycles.